The Kier molecular flexibility index (Phi) is 1.88. The van der Waals surface area contributed by atoms with E-state index in [2.05, 4.69) is 27.6 Å². The van der Waals surface area contributed by atoms with Crippen LogP contribution in [0.3, 0.4) is 0 Å². The Morgan fingerprint density at radius 1 is 1.88 bits per heavy atom. The molecule has 0 bridgehead atoms. The van der Waals surface area contributed by atoms with E-state index >= 15 is 0 Å². The molecule has 0 amide bonds. The molecule has 2 nitrogen and oxygen atoms in total. The SMILES string of the molecule is CCc1ncc(I)o1. The summed E-state index contributed by atoms with van der Waals surface area (Å²) in [5.74, 6) is 0.814. The maximum absolute atomic E-state index is 5.11. The van der Waals surface area contributed by atoms with Crippen LogP contribution in [0, 0.1) is 3.77 Å². The summed E-state index contributed by atoms with van der Waals surface area (Å²) in [6, 6.07) is 0. The van der Waals surface area contributed by atoms with E-state index in [1.165, 1.54) is 0 Å². The predicted molar refractivity (Wildman–Crippen MR) is 38.6 cm³/mol. The van der Waals surface area contributed by atoms with Crippen molar-refractivity contribution in [3.05, 3.63) is 15.9 Å². The first kappa shape index (κ1) is 6.07. The monoisotopic (exact) mass is 223 g/mol. The molecule has 0 aliphatic rings. The zero-order valence-corrected chi connectivity index (χ0v) is 6.68. The molecule has 1 rings (SSSR count). The molecule has 0 atom stereocenters. The van der Waals surface area contributed by atoms with E-state index in [0.717, 1.165) is 16.1 Å². The van der Waals surface area contributed by atoms with Crippen LogP contribution < -0.4 is 0 Å². The van der Waals surface area contributed by atoms with Crippen molar-refractivity contribution in [3.8, 4) is 0 Å². The van der Waals surface area contributed by atoms with Gasteiger partial charge in [-0.05, 0) is 0 Å². The standard InChI is InChI=1S/C5H6INO/c1-2-5-7-3-4(6)8-5/h3H,2H2,1H3. The molecule has 0 unspecified atom stereocenters. The Hall–Kier alpha value is -0.0600. The van der Waals surface area contributed by atoms with Crippen molar-refractivity contribution in [1.82, 2.24) is 4.98 Å². The summed E-state index contributed by atoms with van der Waals surface area (Å²) in [7, 11) is 0. The van der Waals surface area contributed by atoms with Gasteiger partial charge in [0.1, 0.15) is 0 Å². The molecular formula is C5H6INO. The molecular weight excluding hydrogens is 217 g/mol. The van der Waals surface area contributed by atoms with Crippen LogP contribution in [0.15, 0.2) is 10.6 Å². The lowest BCUT2D eigenvalue weighted by atomic mass is 10.5. The molecule has 0 aliphatic heterocycles. The van der Waals surface area contributed by atoms with Gasteiger partial charge in [-0.1, -0.05) is 6.92 Å². The van der Waals surface area contributed by atoms with E-state index in [4.69, 9.17) is 4.42 Å². The Morgan fingerprint density at radius 2 is 2.62 bits per heavy atom. The average molecular weight is 223 g/mol. The second-order valence-electron chi connectivity index (χ2n) is 1.41. The van der Waals surface area contributed by atoms with Crippen LogP contribution in [0.5, 0.6) is 0 Å². The first-order valence-corrected chi connectivity index (χ1v) is 3.51. The van der Waals surface area contributed by atoms with Gasteiger partial charge in [0.25, 0.3) is 0 Å². The largest absolute Gasteiger partial charge is 0.435 e. The lowest BCUT2D eigenvalue weighted by Gasteiger charge is -1.79. The van der Waals surface area contributed by atoms with Crippen molar-refractivity contribution < 1.29 is 4.42 Å². The fourth-order valence-corrected chi connectivity index (χ4v) is 0.845. The van der Waals surface area contributed by atoms with Crippen LogP contribution >= 0.6 is 22.6 Å². The van der Waals surface area contributed by atoms with Crippen molar-refractivity contribution >= 4 is 22.6 Å². The molecule has 0 saturated heterocycles. The van der Waals surface area contributed by atoms with Crippen LogP contribution in [0.4, 0.5) is 0 Å². The predicted octanol–water partition coefficient (Wildman–Crippen LogP) is 1.84. The van der Waals surface area contributed by atoms with Gasteiger partial charge in [-0.2, -0.15) is 0 Å². The quantitative estimate of drug-likeness (QED) is 0.679. The Labute approximate surface area is 61.4 Å². The van der Waals surface area contributed by atoms with E-state index in [1.807, 2.05) is 6.92 Å². The lowest BCUT2D eigenvalue weighted by molar-refractivity contribution is 0.479. The highest BCUT2D eigenvalue weighted by molar-refractivity contribution is 14.1. The minimum atomic E-state index is 0.814. The van der Waals surface area contributed by atoms with E-state index in [9.17, 15) is 0 Å². The zero-order valence-electron chi connectivity index (χ0n) is 4.52. The number of hydrogen-bond acceptors (Lipinski definition) is 2. The topological polar surface area (TPSA) is 26.0 Å². The summed E-state index contributed by atoms with van der Waals surface area (Å²) in [5.41, 5.74) is 0. The third-order valence-corrected chi connectivity index (χ3v) is 1.33. The summed E-state index contributed by atoms with van der Waals surface area (Å²) in [6.45, 7) is 2.02. The normalized spacial score (nSPS) is 9.75. The van der Waals surface area contributed by atoms with Gasteiger partial charge in [0.15, 0.2) is 9.66 Å². The van der Waals surface area contributed by atoms with Gasteiger partial charge in [-0.25, -0.2) is 4.98 Å². The van der Waals surface area contributed by atoms with Crippen molar-refractivity contribution in [2.45, 2.75) is 13.3 Å². The number of hydrogen-bond donors (Lipinski definition) is 0. The molecule has 0 radical (unpaired) electrons. The molecule has 1 aromatic heterocycles. The van der Waals surface area contributed by atoms with Crippen molar-refractivity contribution in [2.75, 3.05) is 0 Å². The highest BCUT2D eigenvalue weighted by Gasteiger charge is 1.94. The van der Waals surface area contributed by atoms with Gasteiger partial charge in [0.05, 0.1) is 6.20 Å². The van der Waals surface area contributed by atoms with E-state index < -0.39 is 0 Å². The average Bonchev–Trinajstić information content (AvgIpc) is 2.14. The highest BCUT2D eigenvalue weighted by Crippen LogP contribution is 2.05. The molecule has 1 aromatic rings. The van der Waals surface area contributed by atoms with E-state index in [1.54, 1.807) is 6.20 Å². The molecule has 0 N–H and O–H groups in total. The summed E-state index contributed by atoms with van der Waals surface area (Å²) < 4.78 is 5.97. The summed E-state index contributed by atoms with van der Waals surface area (Å²) >= 11 is 2.09. The lowest BCUT2D eigenvalue weighted by Crippen LogP contribution is -1.73. The van der Waals surface area contributed by atoms with Gasteiger partial charge < -0.3 is 4.42 Å². The molecule has 8 heavy (non-hydrogen) atoms. The smallest absolute Gasteiger partial charge is 0.195 e. The van der Waals surface area contributed by atoms with Gasteiger partial charge in [-0.15, -0.1) is 0 Å². The Morgan fingerprint density at radius 3 is 2.88 bits per heavy atom. The van der Waals surface area contributed by atoms with Gasteiger partial charge >= 0.3 is 0 Å². The van der Waals surface area contributed by atoms with E-state index in [0.29, 0.717) is 0 Å². The van der Waals surface area contributed by atoms with Gasteiger partial charge in [0, 0.05) is 29.0 Å². The van der Waals surface area contributed by atoms with Crippen molar-refractivity contribution in [3.63, 3.8) is 0 Å². The Bertz CT molecular complexity index is 173. The third kappa shape index (κ3) is 1.21. The number of aryl methyl sites for hydroxylation is 1. The second-order valence-corrected chi connectivity index (χ2v) is 2.47. The molecule has 0 fully saturated rings. The van der Waals surface area contributed by atoms with Crippen LogP contribution in [-0.2, 0) is 6.42 Å². The van der Waals surface area contributed by atoms with Crippen LogP contribution in [0.25, 0.3) is 0 Å². The van der Waals surface area contributed by atoms with Crippen molar-refractivity contribution in [2.24, 2.45) is 0 Å². The number of aromatic nitrogens is 1. The van der Waals surface area contributed by atoms with E-state index in [-0.39, 0.29) is 0 Å². The van der Waals surface area contributed by atoms with Crippen LogP contribution in [0.2, 0.25) is 0 Å². The maximum Gasteiger partial charge on any atom is 0.195 e. The van der Waals surface area contributed by atoms with Gasteiger partial charge in [0.2, 0.25) is 0 Å². The molecule has 3 heteroatoms. The minimum Gasteiger partial charge on any atom is -0.435 e. The molecule has 0 aromatic carbocycles. The first-order valence-electron chi connectivity index (χ1n) is 2.43. The number of halogens is 1. The van der Waals surface area contributed by atoms with Crippen LogP contribution in [0.1, 0.15) is 12.8 Å². The number of rotatable bonds is 1. The molecule has 0 aliphatic carbocycles. The summed E-state index contributed by atoms with van der Waals surface area (Å²) in [5, 5.41) is 0. The molecule has 44 valence electrons. The maximum atomic E-state index is 5.11. The fraction of sp³-hybridized carbons (Fsp3) is 0.400. The van der Waals surface area contributed by atoms with Gasteiger partial charge in [-0.3, -0.25) is 0 Å². The molecule has 0 saturated carbocycles. The van der Waals surface area contributed by atoms with Crippen molar-refractivity contribution in [1.29, 1.82) is 0 Å². The minimum absolute atomic E-state index is 0.814. The fourth-order valence-electron chi connectivity index (χ4n) is 0.451. The highest BCUT2D eigenvalue weighted by atomic mass is 127. The first-order chi connectivity index (χ1) is 3.83. The summed E-state index contributed by atoms with van der Waals surface area (Å²) in [6.07, 6.45) is 2.60. The number of oxazole rings is 1. The number of nitrogens with zero attached hydrogens (tertiary/aromatic N) is 1. The molecule has 1 heterocycles. The zero-order chi connectivity index (χ0) is 5.98. The molecule has 0 spiro atoms. The third-order valence-electron chi connectivity index (χ3n) is 0.828. The van der Waals surface area contributed by atoms with Crippen LogP contribution in [-0.4, -0.2) is 4.98 Å². The second kappa shape index (κ2) is 2.48. The Balaban J connectivity index is 2.84. The summed E-state index contributed by atoms with van der Waals surface area (Å²) in [4.78, 5) is 3.96.